The molecule has 0 bridgehead atoms. The molecule has 0 aromatic carbocycles. The number of hydrogen-bond acceptors (Lipinski definition) is 8. The van der Waals surface area contributed by atoms with Crippen molar-refractivity contribution < 1.29 is 33.8 Å². The number of aromatic nitrogens is 4. The normalized spacial score (nSPS) is 27.8. The van der Waals surface area contributed by atoms with Crippen LogP contribution in [0.5, 0.6) is 0 Å². The van der Waals surface area contributed by atoms with Gasteiger partial charge in [0.1, 0.15) is 24.0 Å². The molecule has 3 rings (SSSR count). The van der Waals surface area contributed by atoms with Gasteiger partial charge in [0.25, 0.3) is 5.56 Å². The number of fused-ring (bicyclic) bond motifs is 1. The van der Waals surface area contributed by atoms with Crippen molar-refractivity contribution in [3.63, 3.8) is 0 Å². The number of ether oxygens (including phenoxy) is 1. The topological polar surface area (TPSA) is 200 Å². The van der Waals surface area contributed by atoms with Crippen LogP contribution < -0.4 is 11.2 Å². The predicted molar refractivity (Wildman–Crippen MR) is 74.9 cm³/mol. The quantitative estimate of drug-likeness (QED) is 0.307. The zero-order valence-corrected chi connectivity index (χ0v) is 12.7. The number of aromatic amines is 2. The lowest BCUT2D eigenvalue weighted by atomic mass is 10.1. The molecule has 6 N–H and O–H groups in total. The van der Waals surface area contributed by atoms with E-state index in [9.17, 15) is 24.4 Å². The van der Waals surface area contributed by atoms with E-state index in [1.54, 1.807) is 0 Å². The van der Waals surface area contributed by atoms with Gasteiger partial charge in [0.2, 0.25) is 0 Å². The van der Waals surface area contributed by atoms with Crippen LogP contribution in [0.2, 0.25) is 0 Å². The minimum absolute atomic E-state index is 0.0449. The lowest BCUT2D eigenvalue weighted by Gasteiger charge is -2.16. The zero-order chi connectivity index (χ0) is 17.6. The zero-order valence-electron chi connectivity index (χ0n) is 11.8. The van der Waals surface area contributed by atoms with E-state index in [4.69, 9.17) is 14.5 Å². The number of imidazole rings is 1. The van der Waals surface area contributed by atoms with Gasteiger partial charge in [-0.25, -0.2) is 14.3 Å². The van der Waals surface area contributed by atoms with Gasteiger partial charge in [-0.05, 0) is 0 Å². The largest absolute Gasteiger partial charge is 0.469 e. The lowest BCUT2D eigenvalue weighted by Crippen LogP contribution is -2.33. The van der Waals surface area contributed by atoms with E-state index in [2.05, 4.69) is 14.5 Å². The van der Waals surface area contributed by atoms with Gasteiger partial charge in [-0.1, -0.05) is 0 Å². The SMILES string of the molecule is O=c1[nH]c(=O)c2ncn([C@@H]3O[C@@H](COP(=O)(O)O)[C@H](O)[C@H]3O)c2[nH]1. The maximum absolute atomic E-state index is 11.6. The molecule has 14 heteroatoms. The standard InChI is InChI=1S/C10H13N4O9P/c15-5-3(1-22-24(19,20)21)23-9(6(5)16)14-2-11-4-7(14)12-10(18)13-8(4)17/h2-3,5-6,9,15-16H,1H2,(H2,19,20,21)(H2,12,13,17,18)/t3-,5-,6+,9+/m0/s1. The molecule has 1 aliphatic rings. The summed E-state index contributed by atoms with van der Waals surface area (Å²) in [7, 11) is -4.78. The number of phosphoric acid groups is 1. The monoisotopic (exact) mass is 364 g/mol. The molecule has 24 heavy (non-hydrogen) atoms. The Kier molecular flexibility index (Phi) is 4.17. The van der Waals surface area contributed by atoms with Crippen molar-refractivity contribution in [3.8, 4) is 0 Å². The molecule has 1 saturated heterocycles. The fourth-order valence-corrected chi connectivity index (χ4v) is 2.75. The highest BCUT2D eigenvalue weighted by molar-refractivity contribution is 7.46. The smallest absolute Gasteiger partial charge is 0.387 e. The van der Waals surface area contributed by atoms with Crippen LogP contribution in [-0.4, -0.2) is 64.4 Å². The molecule has 0 spiro atoms. The summed E-state index contributed by atoms with van der Waals surface area (Å²) in [6, 6.07) is 0. The Morgan fingerprint density at radius 2 is 2.00 bits per heavy atom. The number of H-pyrrole nitrogens is 2. The number of nitrogens with zero attached hydrogens (tertiary/aromatic N) is 2. The molecule has 0 amide bonds. The second-order valence-corrected chi connectivity index (χ2v) is 6.33. The second kappa shape index (κ2) is 5.89. The van der Waals surface area contributed by atoms with E-state index in [1.807, 2.05) is 4.98 Å². The van der Waals surface area contributed by atoms with Gasteiger partial charge in [-0.3, -0.25) is 23.9 Å². The highest BCUT2D eigenvalue weighted by Crippen LogP contribution is 2.38. The van der Waals surface area contributed by atoms with Crippen LogP contribution in [0.25, 0.3) is 11.2 Å². The van der Waals surface area contributed by atoms with E-state index < -0.39 is 50.2 Å². The molecule has 1 fully saturated rings. The average molecular weight is 364 g/mol. The Morgan fingerprint density at radius 3 is 2.67 bits per heavy atom. The van der Waals surface area contributed by atoms with E-state index >= 15 is 0 Å². The number of phosphoric ester groups is 1. The van der Waals surface area contributed by atoms with Crippen LogP contribution in [0.1, 0.15) is 6.23 Å². The van der Waals surface area contributed by atoms with Crippen LogP contribution >= 0.6 is 7.82 Å². The first-order valence-electron chi connectivity index (χ1n) is 6.58. The Bertz CT molecular complexity index is 913. The first-order valence-corrected chi connectivity index (χ1v) is 8.11. The third kappa shape index (κ3) is 3.06. The number of nitrogens with one attached hydrogen (secondary N) is 2. The lowest BCUT2D eigenvalue weighted by molar-refractivity contribution is -0.0504. The molecule has 132 valence electrons. The summed E-state index contributed by atoms with van der Waals surface area (Å²) in [5.74, 6) is 0. The maximum Gasteiger partial charge on any atom is 0.469 e. The molecular weight excluding hydrogens is 351 g/mol. The summed E-state index contributed by atoms with van der Waals surface area (Å²) < 4.78 is 21.4. The minimum Gasteiger partial charge on any atom is -0.387 e. The molecule has 0 aliphatic carbocycles. The van der Waals surface area contributed by atoms with Crippen LogP contribution in [-0.2, 0) is 13.8 Å². The van der Waals surface area contributed by atoms with Gasteiger partial charge in [0, 0.05) is 0 Å². The first kappa shape index (κ1) is 17.0. The first-order chi connectivity index (χ1) is 11.2. The molecule has 0 radical (unpaired) electrons. The highest BCUT2D eigenvalue weighted by atomic mass is 31.2. The Morgan fingerprint density at radius 1 is 1.29 bits per heavy atom. The molecule has 2 aromatic rings. The fraction of sp³-hybridized carbons (Fsp3) is 0.500. The molecule has 0 saturated carbocycles. The molecule has 13 nitrogen and oxygen atoms in total. The third-order valence-electron chi connectivity index (χ3n) is 3.49. The summed E-state index contributed by atoms with van der Waals surface area (Å²) in [6.45, 7) is -0.678. The number of aliphatic hydroxyl groups is 2. The van der Waals surface area contributed by atoms with Crippen LogP contribution in [0.15, 0.2) is 15.9 Å². The van der Waals surface area contributed by atoms with Crippen molar-refractivity contribution in [2.75, 3.05) is 6.61 Å². The maximum atomic E-state index is 11.6. The van der Waals surface area contributed by atoms with Gasteiger partial charge in [-0.2, -0.15) is 0 Å². The van der Waals surface area contributed by atoms with Crippen molar-refractivity contribution in [1.29, 1.82) is 0 Å². The Labute approximate surface area is 131 Å². The molecular formula is C10H13N4O9P. The van der Waals surface area contributed by atoms with Gasteiger partial charge >= 0.3 is 13.5 Å². The minimum atomic E-state index is -4.78. The molecule has 2 aromatic heterocycles. The van der Waals surface area contributed by atoms with Crippen LogP contribution in [0.4, 0.5) is 0 Å². The van der Waals surface area contributed by atoms with Crippen molar-refractivity contribution >= 4 is 19.0 Å². The number of aliphatic hydroxyl groups excluding tert-OH is 2. The van der Waals surface area contributed by atoms with E-state index in [-0.39, 0.29) is 11.2 Å². The third-order valence-corrected chi connectivity index (χ3v) is 3.97. The Hall–Kier alpha value is -1.86. The van der Waals surface area contributed by atoms with Crippen molar-refractivity contribution in [2.45, 2.75) is 24.5 Å². The molecule has 3 heterocycles. The molecule has 1 aliphatic heterocycles. The van der Waals surface area contributed by atoms with E-state index in [1.165, 1.54) is 0 Å². The predicted octanol–water partition coefficient (Wildman–Crippen LogP) is -2.86. The Balaban J connectivity index is 1.92. The number of hydrogen-bond donors (Lipinski definition) is 6. The van der Waals surface area contributed by atoms with Crippen LogP contribution in [0, 0.1) is 0 Å². The summed E-state index contributed by atoms with van der Waals surface area (Å²) in [4.78, 5) is 48.5. The van der Waals surface area contributed by atoms with E-state index in [0.29, 0.717) is 0 Å². The summed E-state index contributed by atoms with van der Waals surface area (Å²) >= 11 is 0. The van der Waals surface area contributed by atoms with E-state index in [0.717, 1.165) is 10.9 Å². The molecule has 4 atom stereocenters. The summed E-state index contributed by atoms with van der Waals surface area (Å²) in [5.41, 5.74) is -1.71. The van der Waals surface area contributed by atoms with Crippen molar-refractivity contribution in [3.05, 3.63) is 27.2 Å². The highest BCUT2D eigenvalue weighted by Gasteiger charge is 2.45. The van der Waals surface area contributed by atoms with Crippen molar-refractivity contribution in [2.24, 2.45) is 0 Å². The fourth-order valence-electron chi connectivity index (χ4n) is 2.41. The second-order valence-electron chi connectivity index (χ2n) is 5.09. The number of rotatable bonds is 4. The van der Waals surface area contributed by atoms with Crippen LogP contribution in [0.3, 0.4) is 0 Å². The van der Waals surface area contributed by atoms with Gasteiger partial charge in [0.05, 0.1) is 12.9 Å². The van der Waals surface area contributed by atoms with Gasteiger partial charge < -0.3 is 24.7 Å². The summed E-state index contributed by atoms with van der Waals surface area (Å²) in [6.07, 6.45) is -4.43. The van der Waals surface area contributed by atoms with Gasteiger partial charge in [-0.15, -0.1) is 0 Å². The molecule has 0 unspecified atom stereocenters. The average Bonchev–Trinajstić information content (AvgIpc) is 3.00. The van der Waals surface area contributed by atoms with Gasteiger partial charge in [0.15, 0.2) is 11.7 Å². The van der Waals surface area contributed by atoms with Crippen molar-refractivity contribution in [1.82, 2.24) is 19.5 Å². The summed E-state index contributed by atoms with van der Waals surface area (Å²) in [5, 5.41) is 20.0.